The topological polar surface area (TPSA) is 73.8 Å². The van der Waals surface area contributed by atoms with Crippen molar-refractivity contribution in [1.82, 2.24) is 8.73 Å². The van der Waals surface area contributed by atoms with Crippen molar-refractivity contribution in [3.63, 3.8) is 0 Å². The van der Waals surface area contributed by atoms with Crippen LogP contribution < -0.4 is 13.5 Å². The summed E-state index contributed by atoms with van der Waals surface area (Å²) < 4.78 is 13.1. The number of phenols is 2. The Morgan fingerprint density at radius 3 is 1.82 bits per heavy atom. The molecule has 5 nitrogen and oxygen atoms in total. The molecule has 0 radical (unpaired) electrons. The van der Waals surface area contributed by atoms with E-state index in [2.05, 4.69) is 84.7 Å². The number of hydrogen-bond donors (Lipinski definition) is 4. The van der Waals surface area contributed by atoms with Gasteiger partial charge in [0.1, 0.15) is 17.2 Å². The molecule has 1 heterocycles. The summed E-state index contributed by atoms with van der Waals surface area (Å²) in [5.74, 6) is 2.16. The van der Waals surface area contributed by atoms with Crippen molar-refractivity contribution in [2.75, 3.05) is 0 Å². The van der Waals surface area contributed by atoms with E-state index in [1.165, 1.54) is 36.8 Å². The Balaban J connectivity index is 0.000000229. The molecule has 0 spiro atoms. The predicted molar refractivity (Wildman–Crippen MR) is 177 cm³/mol. The van der Waals surface area contributed by atoms with Gasteiger partial charge in [0.05, 0.1) is 0 Å². The number of hydrogen-bond acceptors (Lipinski definition) is 5. The molecule has 0 bridgehead atoms. The van der Waals surface area contributed by atoms with E-state index >= 15 is 0 Å². The Morgan fingerprint density at radius 1 is 0.705 bits per heavy atom. The van der Waals surface area contributed by atoms with Crippen LogP contribution in [0.5, 0.6) is 23.0 Å². The first-order valence-electron chi connectivity index (χ1n) is 15.4. The van der Waals surface area contributed by atoms with Crippen LogP contribution in [-0.4, -0.2) is 27.3 Å². The van der Waals surface area contributed by atoms with Crippen molar-refractivity contribution in [3.8, 4) is 23.0 Å². The fourth-order valence-electron chi connectivity index (χ4n) is 5.60. The van der Waals surface area contributed by atoms with Crippen LogP contribution in [0.3, 0.4) is 0 Å². The third kappa shape index (κ3) is 7.80. The zero-order chi connectivity index (χ0) is 31.3. The molecule has 4 aromatic carbocycles. The first kappa shape index (κ1) is 32.0. The van der Waals surface area contributed by atoms with Gasteiger partial charge in [-0.15, -0.1) is 0 Å². The second-order valence-electron chi connectivity index (χ2n) is 13.2. The van der Waals surface area contributed by atoms with Gasteiger partial charge in [-0.05, 0) is 36.4 Å². The Bertz CT molecular complexity index is 1550. The molecule has 2 fully saturated rings. The molecule has 4 N–H and O–H groups in total. The average molecular weight is 638 g/mol. The fraction of sp³-hybridized carbons (Fsp3) is 0.342. The van der Waals surface area contributed by atoms with Crippen LogP contribution in [0.2, 0.25) is 0 Å². The molecule has 4 aromatic rings. The number of para-hydroxylation sites is 1. The van der Waals surface area contributed by atoms with Crippen molar-refractivity contribution in [2.24, 2.45) is 0 Å². The van der Waals surface area contributed by atoms with Gasteiger partial charge in [0.15, 0.2) is 0 Å². The molecule has 2 atom stereocenters. The summed E-state index contributed by atoms with van der Waals surface area (Å²) in [4.78, 5) is 2.25. The minimum absolute atomic E-state index is 0.00925. The van der Waals surface area contributed by atoms with Crippen LogP contribution in [0.1, 0.15) is 82.6 Å². The Hall–Kier alpha value is -3.42. The van der Waals surface area contributed by atoms with Crippen LogP contribution in [0.4, 0.5) is 0 Å². The van der Waals surface area contributed by atoms with E-state index in [-0.39, 0.29) is 16.6 Å². The molecule has 2 aliphatic rings. The number of ether oxygens (including phenoxy) is 1. The maximum Gasteiger partial charge on any atom is 0.127 e. The number of fused-ring (bicyclic) bond motifs is 1. The van der Waals surface area contributed by atoms with Crippen LogP contribution in [-0.2, 0) is 24.5 Å². The van der Waals surface area contributed by atoms with Gasteiger partial charge in [-0.1, -0.05) is 18.2 Å². The molecular weight excluding hydrogens is 591 g/mol. The monoisotopic (exact) mass is 637 g/mol. The van der Waals surface area contributed by atoms with E-state index in [1.54, 1.807) is 24.3 Å². The quantitative estimate of drug-likeness (QED) is 0.177. The maximum atomic E-state index is 11.4. The summed E-state index contributed by atoms with van der Waals surface area (Å²) in [6.45, 7) is 11.1. The summed E-state index contributed by atoms with van der Waals surface area (Å²) in [5.41, 5.74) is 4.15. The van der Waals surface area contributed by atoms with E-state index < -0.39 is 13.7 Å². The molecule has 0 aromatic heterocycles. The number of benzene rings is 4. The number of nitrogens with one attached hydrogen (secondary N) is 2. The van der Waals surface area contributed by atoms with Gasteiger partial charge in [-0.25, -0.2) is 0 Å². The SMILES string of the molecule is CC(C)(C)c1cc([CH]=[Co]2[NH]C3CCCCC3[NH]2)c(O)c(C(C)(C)c2ccccc2)c1.Oc1ccc(Oc2ccccc2)cc1. The summed E-state index contributed by atoms with van der Waals surface area (Å²) in [6, 6.07) is 32.2. The van der Waals surface area contributed by atoms with Gasteiger partial charge in [0, 0.05) is 0 Å². The van der Waals surface area contributed by atoms with Crippen molar-refractivity contribution < 1.29 is 28.6 Å². The summed E-state index contributed by atoms with van der Waals surface area (Å²) in [7, 11) is 0. The zero-order valence-electron chi connectivity index (χ0n) is 26.4. The van der Waals surface area contributed by atoms with Crippen LogP contribution in [0.25, 0.3) is 0 Å². The second kappa shape index (κ2) is 13.7. The molecule has 1 aliphatic carbocycles. The van der Waals surface area contributed by atoms with E-state index in [4.69, 9.17) is 9.84 Å². The van der Waals surface area contributed by atoms with Gasteiger partial charge >= 0.3 is 186 Å². The normalized spacial score (nSPS) is 19.0. The summed E-state index contributed by atoms with van der Waals surface area (Å²) in [6.07, 6.45) is 5.14. The van der Waals surface area contributed by atoms with Gasteiger partial charge in [-0.3, -0.25) is 0 Å². The molecule has 6 heteroatoms. The van der Waals surface area contributed by atoms with Crippen molar-refractivity contribution in [3.05, 3.63) is 119 Å². The molecule has 2 unspecified atom stereocenters. The first-order chi connectivity index (χ1) is 21.0. The molecule has 44 heavy (non-hydrogen) atoms. The third-order valence-electron chi connectivity index (χ3n) is 8.41. The van der Waals surface area contributed by atoms with Crippen molar-refractivity contribution in [1.29, 1.82) is 0 Å². The number of aromatic hydroxyl groups is 2. The molecular formula is C38H46CoN2O3. The van der Waals surface area contributed by atoms with Gasteiger partial charge in [0.2, 0.25) is 0 Å². The van der Waals surface area contributed by atoms with E-state index in [9.17, 15) is 5.11 Å². The largest absolute Gasteiger partial charge is 0.508 e. The summed E-state index contributed by atoms with van der Waals surface area (Å²) in [5, 5.41) is 20.5. The fourth-order valence-corrected chi connectivity index (χ4v) is 7.97. The van der Waals surface area contributed by atoms with E-state index in [0.717, 1.165) is 16.9 Å². The van der Waals surface area contributed by atoms with Gasteiger partial charge < -0.3 is 9.84 Å². The molecule has 1 aliphatic heterocycles. The molecule has 6 rings (SSSR count). The molecule has 1 saturated carbocycles. The van der Waals surface area contributed by atoms with Crippen molar-refractivity contribution >= 4 is 4.96 Å². The third-order valence-corrected chi connectivity index (χ3v) is 10.5. The smallest absolute Gasteiger partial charge is 0.127 e. The standard InChI is InChI=1S/C20H24O.C12H10O2.C6H12N2.Co/c1-14-12-16(19(2,3)4)13-17(18(14)21)20(5,6)15-10-8-7-9-11-15;13-10-6-8-12(9-7-10)14-11-4-2-1-3-5-11;7-5-3-1-2-4-6(5)8;/h1,7-13,21H,2-6H3;1-9,13H;5-8H,1-4H2;/q;;-2;+2. The van der Waals surface area contributed by atoms with E-state index in [0.29, 0.717) is 23.6 Å². The Labute approximate surface area is 267 Å². The number of phenolic OH excluding ortho intramolecular Hbond substituents is 2. The van der Waals surface area contributed by atoms with Gasteiger partial charge in [0.25, 0.3) is 0 Å². The minimum Gasteiger partial charge on any atom is -0.508 e. The van der Waals surface area contributed by atoms with Crippen molar-refractivity contribution in [2.45, 2.75) is 83.2 Å². The molecule has 235 valence electrons. The minimum atomic E-state index is -0.598. The van der Waals surface area contributed by atoms with Crippen LogP contribution in [0, 0.1) is 0 Å². The second-order valence-corrected chi connectivity index (χ2v) is 14.9. The molecule has 0 amide bonds. The predicted octanol–water partition coefficient (Wildman–Crippen LogP) is 8.30. The molecule has 1 saturated heterocycles. The van der Waals surface area contributed by atoms with Crippen LogP contribution >= 0.6 is 0 Å². The maximum absolute atomic E-state index is 11.4. The summed E-state index contributed by atoms with van der Waals surface area (Å²) >= 11 is -0.598. The van der Waals surface area contributed by atoms with Crippen LogP contribution in [0.15, 0.2) is 97.1 Å². The van der Waals surface area contributed by atoms with E-state index in [1.807, 2.05) is 36.4 Å². The van der Waals surface area contributed by atoms with Gasteiger partial charge in [-0.2, -0.15) is 0 Å². The zero-order valence-corrected chi connectivity index (χ0v) is 27.5. The average Bonchev–Trinajstić information content (AvgIpc) is 3.42. The Morgan fingerprint density at radius 2 is 1.25 bits per heavy atom. The first-order valence-corrected chi connectivity index (χ1v) is 17.1. The number of rotatable bonds is 5. The Kier molecular flexibility index (Phi) is 9.96.